The van der Waals surface area contributed by atoms with Crippen molar-refractivity contribution in [2.75, 3.05) is 13.7 Å². The van der Waals surface area contributed by atoms with Gasteiger partial charge in [0.05, 0.1) is 12.7 Å². The fraction of sp³-hybridized carbons (Fsp3) is 0.667. The van der Waals surface area contributed by atoms with Crippen LogP contribution in [0.5, 0.6) is 5.75 Å². The quantitative estimate of drug-likeness (QED) is 0.424. The van der Waals surface area contributed by atoms with Crippen LogP contribution in [0.25, 0.3) is 0 Å². The van der Waals surface area contributed by atoms with Crippen LogP contribution in [-0.4, -0.2) is 42.6 Å². The predicted octanol–water partition coefficient (Wildman–Crippen LogP) is 3.98. The third-order valence-corrected chi connectivity index (χ3v) is 7.25. The number of hydrogen-bond acceptors (Lipinski definition) is 6. The summed E-state index contributed by atoms with van der Waals surface area (Å²) in [7, 11) is 1.76. The average Bonchev–Trinajstić information content (AvgIpc) is 3.20. The molecule has 8 nitrogen and oxygen atoms in total. The standard InChI is InChI=1S/C24H35N5O3/c1-15(2)14-32-19-7-6-17-13-23(10-8-18(31-5)9-11-23)24(20(17)12-19)21(30)29(16(3)4)22(26-24)27-28-25/h6-7,12,15-16,18H,8-11,13-14H2,1-5H3,(H2,25,26,27)/t18-,23-,24?. The third kappa shape index (κ3) is 3.39. The number of nitrogens with zero attached hydrogens (tertiary/aromatic N) is 4. The highest BCUT2D eigenvalue weighted by atomic mass is 16.5. The van der Waals surface area contributed by atoms with Crippen LogP contribution < -0.4 is 10.6 Å². The van der Waals surface area contributed by atoms with Crippen LogP contribution in [0, 0.1) is 11.3 Å². The Kier molecular flexibility index (Phi) is 6.00. The van der Waals surface area contributed by atoms with Gasteiger partial charge in [-0.05, 0) is 75.1 Å². The van der Waals surface area contributed by atoms with E-state index in [1.807, 2.05) is 26.0 Å². The van der Waals surface area contributed by atoms with Gasteiger partial charge < -0.3 is 15.3 Å². The molecule has 1 atom stereocenters. The number of methoxy groups -OCH3 is 1. The maximum Gasteiger partial charge on any atom is 0.262 e. The van der Waals surface area contributed by atoms with E-state index >= 15 is 0 Å². The Morgan fingerprint density at radius 1 is 1.25 bits per heavy atom. The van der Waals surface area contributed by atoms with E-state index in [1.54, 1.807) is 12.0 Å². The average molecular weight is 442 g/mol. The van der Waals surface area contributed by atoms with Crippen molar-refractivity contribution < 1.29 is 14.3 Å². The molecule has 8 heteroatoms. The van der Waals surface area contributed by atoms with Crippen LogP contribution >= 0.6 is 0 Å². The van der Waals surface area contributed by atoms with Crippen LogP contribution in [0.15, 0.2) is 33.5 Å². The van der Waals surface area contributed by atoms with Crippen molar-refractivity contribution in [3.05, 3.63) is 29.3 Å². The van der Waals surface area contributed by atoms with Crippen molar-refractivity contribution in [1.82, 2.24) is 4.90 Å². The second-order valence-electron chi connectivity index (χ2n) is 10.0. The van der Waals surface area contributed by atoms with Crippen LogP contribution in [-0.2, 0) is 21.5 Å². The SMILES string of the molecule is CO[C@H]1CC[C@]2(CC1)Cc1ccc(OCC(C)C)cc1C21N=C(N=NN)N(C(C)C)C1=O. The Labute approximate surface area is 190 Å². The van der Waals surface area contributed by atoms with Gasteiger partial charge in [-0.25, -0.2) is 4.99 Å². The highest BCUT2D eigenvalue weighted by Gasteiger charge is 2.67. The Balaban J connectivity index is 1.86. The number of aliphatic imine (C=N–C) groups is 1. The normalized spacial score (nSPS) is 29.7. The fourth-order valence-electron chi connectivity index (χ4n) is 5.72. The monoisotopic (exact) mass is 441 g/mol. The lowest BCUT2D eigenvalue weighted by atomic mass is 9.61. The lowest BCUT2D eigenvalue weighted by Gasteiger charge is -2.45. The molecule has 4 rings (SSSR count). The molecule has 2 N–H and O–H groups in total. The van der Waals surface area contributed by atoms with Gasteiger partial charge in [-0.15, -0.1) is 0 Å². The minimum absolute atomic E-state index is 0.0365. The Morgan fingerprint density at radius 2 is 1.97 bits per heavy atom. The van der Waals surface area contributed by atoms with Crippen molar-refractivity contribution in [3.8, 4) is 5.75 Å². The first-order valence-corrected chi connectivity index (χ1v) is 11.6. The number of ether oxygens (including phenoxy) is 2. The maximum atomic E-state index is 14.2. The van der Waals surface area contributed by atoms with Crippen LogP contribution in [0.1, 0.15) is 64.5 Å². The molecule has 1 fully saturated rings. The van der Waals surface area contributed by atoms with E-state index in [0.29, 0.717) is 18.5 Å². The highest BCUT2D eigenvalue weighted by Crippen LogP contribution is 2.62. The van der Waals surface area contributed by atoms with Crippen LogP contribution in [0.2, 0.25) is 0 Å². The Morgan fingerprint density at radius 3 is 2.56 bits per heavy atom. The third-order valence-electron chi connectivity index (χ3n) is 7.25. The topological polar surface area (TPSA) is 102 Å². The van der Waals surface area contributed by atoms with Gasteiger partial charge in [0, 0.05) is 18.6 Å². The van der Waals surface area contributed by atoms with E-state index in [-0.39, 0.29) is 23.5 Å². The van der Waals surface area contributed by atoms with E-state index in [0.717, 1.165) is 49.0 Å². The zero-order valence-electron chi connectivity index (χ0n) is 19.8. The van der Waals surface area contributed by atoms with Crippen molar-refractivity contribution >= 4 is 11.9 Å². The summed E-state index contributed by atoms with van der Waals surface area (Å²) in [5.74, 6) is 6.84. The van der Waals surface area contributed by atoms with Crippen LogP contribution in [0.3, 0.4) is 0 Å². The fourth-order valence-corrected chi connectivity index (χ4v) is 5.72. The molecule has 0 aromatic heterocycles. The van der Waals surface area contributed by atoms with Crippen molar-refractivity contribution in [2.24, 2.45) is 32.5 Å². The number of benzene rings is 1. The highest BCUT2D eigenvalue weighted by molar-refractivity contribution is 6.09. The van der Waals surface area contributed by atoms with E-state index in [4.69, 9.17) is 20.3 Å². The first kappa shape index (κ1) is 22.7. The van der Waals surface area contributed by atoms with Gasteiger partial charge in [0.15, 0.2) is 5.54 Å². The molecule has 1 saturated carbocycles. The zero-order valence-corrected chi connectivity index (χ0v) is 19.8. The molecule has 0 bridgehead atoms. The summed E-state index contributed by atoms with van der Waals surface area (Å²) in [6, 6.07) is 6.04. The molecule has 2 aliphatic carbocycles. The molecule has 1 amide bonds. The first-order chi connectivity index (χ1) is 15.3. The maximum absolute atomic E-state index is 14.2. The predicted molar refractivity (Wildman–Crippen MR) is 122 cm³/mol. The van der Waals surface area contributed by atoms with Gasteiger partial charge in [0.2, 0.25) is 0 Å². The van der Waals surface area contributed by atoms with Gasteiger partial charge in [0.25, 0.3) is 11.9 Å². The first-order valence-electron chi connectivity index (χ1n) is 11.6. The molecule has 1 heterocycles. The van der Waals surface area contributed by atoms with E-state index in [2.05, 4.69) is 30.3 Å². The molecule has 32 heavy (non-hydrogen) atoms. The molecule has 1 unspecified atom stereocenters. The second-order valence-corrected chi connectivity index (χ2v) is 10.0. The zero-order chi connectivity index (χ0) is 23.1. The van der Waals surface area contributed by atoms with Crippen LogP contribution in [0.4, 0.5) is 0 Å². The number of rotatable bonds is 5. The summed E-state index contributed by atoms with van der Waals surface area (Å²) < 4.78 is 11.7. The van der Waals surface area contributed by atoms with Gasteiger partial charge in [-0.2, -0.15) is 0 Å². The minimum atomic E-state index is -1.04. The Hall–Kier alpha value is -2.48. The molecule has 1 aromatic rings. The molecular formula is C24H35N5O3. The van der Waals surface area contributed by atoms with Gasteiger partial charge in [-0.3, -0.25) is 9.69 Å². The summed E-state index contributed by atoms with van der Waals surface area (Å²) in [5, 5.41) is 7.54. The number of amides is 1. The summed E-state index contributed by atoms with van der Waals surface area (Å²) in [5.41, 5.74) is 0.736. The summed E-state index contributed by atoms with van der Waals surface area (Å²) >= 11 is 0. The number of nitrogens with two attached hydrogens (primary N) is 1. The molecule has 3 aliphatic rings. The second kappa shape index (κ2) is 8.46. The summed E-state index contributed by atoms with van der Waals surface area (Å²) in [6.07, 6.45) is 4.55. The molecular weight excluding hydrogens is 406 g/mol. The van der Waals surface area contributed by atoms with Crippen molar-refractivity contribution in [3.63, 3.8) is 0 Å². The van der Waals surface area contributed by atoms with Gasteiger partial charge in [-0.1, -0.05) is 30.3 Å². The van der Waals surface area contributed by atoms with E-state index < -0.39 is 5.54 Å². The molecule has 2 spiro atoms. The lowest BCUT2D eigenvalue weighted by molar-refractivity contribution is -0.139. The molecule has 0 radical (unpaired) electrons. The number of carbonyl (C=O) groups excluding carboxylic acids is 1. The molecule has 1 aromatic carbocycles. The number of fused-ring (bicyclic) bond motifs is 3. The van der Waals surface area contributed by atoms with Crippen molar-refractivity contribution in [1.29, 1.82) is 0 Å². The van der Waals surface area contributed by atoms with Gasteiger partial charge >= 0.3 is 0 Å². The van der Waals surface area contributed by atoms with Gasteiger partial charge in [0.1, 0.15) is 5.75 Å². The molecule has 174 valence electrons. The number of hydrogen-bond donors (Lipinski definition) is 1. The number of guanidine groups is 1. The summed E-state index contributed by atoms with van der Waals surface area (Å²) in [6.45, 7) is 8.78. The largest absolute Gasteiger partial charge is 0.493 e. The smallest absolute Gasteiger partial charge is 0.262 e. The molecule has 1 aliphatic heterocycles. The van der Waals surface area contributed by atoms with E-state index in [9.17, 15) is 4.79 Å². The van der Waals surface area contributed by atoms with Crippen molar-refractivity contribution in [2.45, 2.75) is 77.5 Å². The Bertz CT molecular complexity index is 934. The number of carbonyl (C=O) groups is 1. The molecule has 0 saturated heterocycles. The summed E-state index contributed by atoms with van der Waals surface area (Å²) in [4.78, 5) is 20.9. The lowest BCUT2D eigenvalue weighted by Crippen LogP contribution is -2.53. The van der Waals surface area contributed by atoms with E-state index in [1.165, 1.54) is 0 Å². The minimum Gasteiger partial charge on any atom is -0.493 e.